The first-order valence-electron chi connectivity index (χ1n) is 8.41. The maximum atomic E-state index is 12.4. The number of hydrogen-bond acceptors (Lipinski definition) is 8. The Morgan fingerprint density at radius 3 is 2.40 bits per heavy atom. The van der Waals surface area contributed by atoms with Crippen molar-refractivity contribution in [3.8, 4) is 0 Å². The number of aryl methyl sites for hydroxylation is 1. The molecule has 0 saturated heterocycles. The van der Waals surface area contributed by atoms with Gasteiger partial charge in [-0.1, -0.05) is 27.7 Å². The topological polar surface area (TPSA) is 106 Å². The van der Waals surface area contributed by atoms with Gasteiger partial charge in [-0.15, -0.1) is 20.4 Å². The third-order valence-corrected chi connectivity index (χ3v) is 3.51. The molecule has 1 atom stereocenters. The monoisotopic (exact) mass is 343 g/mol. The van der Waals surface area contributed by atoms with E-state index in [2.05, 4.69) is 36.0 Å². The predicted octanol–water partition coefficient (Wildman–Crippen LogP) is 1.85. The van der Waals surface area contributed by atoms with Crippen molar-refractivity contribution in [1.29, 1.82) is 0 Å². The molecule has 0 radical (unpaired) electrons. The maximum Gasteiger partial charge on any atom is 0.266 e. The Hall–Kier alpha value is -2.48. The highest BCUT2D eigenvalue weighted by molar-refractivity contribution is 5.86. The Labute approximate surface area is 147 Å². The minimum absolute atomic E-state index is 0.0318. The number of hydrogen-bond donors (Lipinski definition) is 2. The molecule has 0 aromatic carbocycles. The third kappa shape index (κ3) is 5.82. The molecule has 0 saturated carbocycles. The fourth-order valence-electron chi connectivity index (χ4n) is 2.38. The molecule has 8 heteroatoms. The van der Waals surface area contributed by atoms with E-state index in [0.29, 0.717) is 18.2 Å². The quantitative estimate of drug-likeness (QED) is 0.748. The number of carbonyl (C=O) groups excluding carboxylic acids is 1. The van der Waals surface area contributed by atoms with Crippen molar-refractivity contribution in [2.45, 2.75) is 53.1 Å². The standard InChI is InChI=1S/C17H25N7O/c1-10(2)16(25)15(19-11(3)4)9-14-8-13(6-7-18-14)20-17-23-21-12(5)22-24-17/h6-8,10-11,15,19H,9H2,1-5H3,(H,18,20,23,24)/t15-/m0/s1. The van der Waals surface area contributed by atoms with Crippen LogP contribution in [0, 0.1) is 12.8 Å². The molecule has 0 aliphatic rings. The summed E-state index contributed by atoms with van der Waals surface area (Å²) in [4.78, 5) is 16.8. The van der Waals surface area contributed by atoms with Crippen LogP contribution < -0.4 is 10.6 Å². The highest BCUT2D eigenvalue weighted by Crippen LogP contribution is 2.14. The Morgan fingerprint density at radius 1 is 1.12 bits per heavy atom. The van der Waals surface area contributed by atoms with Crippen molar-refractivity contribution in [3.05, 3.63) is 29.8 Å². The van der Waals surface area contributed by atoms with E-state index in [1.807, 2.05) is 39.8 Å². The summed E-state index contributed by atoms with van der Waals surface area (Å²) in [6.45, 7) is 9.61. The van der Waals surface area contributed by atoms with Gasteiger partial charge in [-0.05, 0) is 19.1 Å². The van der Waals surface area contributed by atoms with E-state index in [9.17, 15) is 4.79 Å². The Bertz CT molecular complexity index is 700. The van der Waals surface area contributed by atoms with Crippen LogP contribution in [0.4, 0.5) is 11.6 Å². The lowest BCUT2D eigenvalue weighted by molar-refractivity contribution is -0.124. The number of Topliss-reactive ketones (excluding diaryl/α,β-unsaturated/α-hetero) is 1. The van der Waals surface area contributed by atoms with Gasteiger partial charge in [0.15, 0.2) is 11.6 Å². The lowest BCUT2D eigenvalue weighted by Gasteiger charge is -2.21. The molecule has 0 amide bonds. The van der Waals surface area contributed by atoms with Crippen molar-refractivity contribution >= 4 is 17.4 Å². The summed E-state index contributed by atoms with van der Waals surface area (Å²) >= 11 is 0. The number of aromatic nitrogens is 5. The Morgan fingerprint density at radius 2 is 1.80 bits per heavy atom. The molecule has 134 valence electrons. The molecule has 0 unspecified atom stereocenters. The molecule has 2 N–H and O–H groups in total. The fourth-order valence-corrected chi connectivity index (χ4v) is 2.38. The van der Waals surface area contributed by atoms with Gasteiger partial charge in [0.05, 0.1) is 6.04 Å². The van der Waals surface area contributed by atoms with Crippen LogP contribution in [0.15, 0.2) is 18.3 Å². The molecule has 0 fully saturated rings. The molecule has 2 rings (SSSR count). The van der Waals surface area contributed by atoms with Gasteiger partial charge in [0, 0.05) is 36.0 Å². The zero-order chi connectivity index (χ0) is 18.4. The first-order chi connectivity index (χ1) is 11.8. The predicted molar refractivity (Wildman–Crippen MR) is 95.5 cm³/mol. The summed E-state index contributed by atoms with van der Waals surface area (Å²) in [7, 11) is 0. The van der Waals surface area contributed by atoms with Gasteiger partial charge in [-0.2, -0.15) is 0 Å². The Balaban J connectivity index is 2.12. The van der Waals surface area contributed by atoms with Crippen LogP contribution in [0.1, 0.15) is 39.2 Å². The summed E-state index contributed by atoms with van der Waals surface area (Å²) in [5.41, 5.74) is 1.59. The molecule has 0 spiro atoms. The van der Waals surface area contributed by atoms with Crippen LogP contribution in [-0.2, 0) is 11.2 Å². The van der Waals surface area contributed by atoms with Gasteiger partial charge < -0.3 is 10.6 Å². The Kier molecular flexibility index (Phi) is 6.46. The van der Waals surface area contributed by atoms with E-state index in [1.165, 1.54) is 0 Å². The van der Waals surface area contributed by atoms with Crippen molar-refractivity contribution in [2.75, 3.05) is 5.32 Å². The number of anilines is 2. The van der Waals surface area contributed by atoms with Crippen LogP contribution in [0.2, 0.25) is 0 Å². The second kappa shape index (κ2) is 8.57. The van der Waals surface area contributed by atoms with Crippen LogP contribution >= 0.6 is 0 Å². The summed E-state index contributed by atoms with van der Waals surface area (Å²) in [6.07, 6.45) is 2.22. The van der Waals surface area contributed by atoms with Gasteiger partial charge in [0.25, 0.3) is 5.95 Å². The van der Waals surface area contributed by atoms with Gasteiger partial charge in [-0.25, -0.2) is 0 Å². The molecule has 8 nitrogen and oxygen atoms in total. The van der Waals surface area contributed by atoms with E-state index >= 15 is 0 Å². The largest absolute Gasteiger partial charge is 0.321 e. The van der Waals surface area contributed by atoms with E-state index in [-0.39, 0.29) is 23.8 Å². The van der Waals surface area contributed by atoms with Crippen molar-refractivity contribution in [3.63, 3.8) is 0 Å². The molecule has 0 bridgehead atoms. The zero-order valence-electron chi connectivity index (χ0n) is 15.3. The molecule has 2 aromatic heterocycles. The second-order valence-corrected chi connectivity index (χ2v) is 6.57. The summed E-state index contributed by atoms with van der Waals surface area (Å²) in [6, 6.07) is 3.64. The van der Waals surface area contributed by atoms with Crippen LogP contribution in [0.3, 0.4) is 0 Å². The average molecular weight is 343 g/mol. The molecule has 0 aliphatic heterocycles. The van der Waals surface area contributed by atoms with Crippen molar-refractivity contribution < 1.29 is 4.79 Å². The van der Waals surface area contributed by atoms with Gasteiger partial charge in [0.1, 0.15) is 0 Å². The maximum absolute atomic E-state index is 12.4. The first-order valence-corrected chi connectivity index (χ1v) is 8.41. The molecular formula is C17H25N7O. The number of pyridine rings is 1. The summed E-state index contributed by atoms with van der Waals surface area (Å²) in [5.74, 6) is 0.980. The molecule has 25 heavy (non-hydrogen) atoms. The third-order valence-electron chi connectivity index (χ3n) is 3.51. The average Bonchev–Trinajstić information content (AvgIpc) is 2.55. The summed E-state index contributed by atoms with van der Waals surface area (Å²) in [5, 5.41) is 22.0. The highest BCUT2D eigenvalue weighted by Gasteiger charge is 2.22. The van der Waals surface area contributed by atoms with Crippen LogP contribution in [0.5, 0.6) is 0 Å². The molecular weight excluding hydrogens is 318 g/mol. The number of nitrogens with zero attached hydrogens (tertiary/aromatic N) is 5. The molecule has 2 aromatic rings. The lowest BCUT2D eigenvalue weighted by atomic mass is 9.97. The van der Waals surface area contributed by atoms with E-state index < -0.39 is 0 Å². The number of rotatable bonds is 8. The zero-order valence-corrected chi connectivity index (χ0v) is 15.3. The lowest BCUT2D eigenvalue weighted by Crippen LogP contribution is -2.44. The molecule has 0 aliphatic carbocycles. The van der Waals surface area contributed by atoms with E-state index in [4.69, 9.17) is 0 Å². The summed E-state index contributed by atoms with van der Waals surface area (Å²) < 4.78 is 0. The first kappa shape index (κ1) is 18.9. The van der Waals surface area contributed by atoms with Gasteiger partial charge in [0.2, 0.25) is 0 Å². The SMILES string of the molecule is Cc1nnc(Nc2ccnc(C[C@H](NC(C)C)C(=O)C(C)C)c2)nn1. The van der Waals surface area contributed by atoms with Crippen molar-refractivity contribution in [1.82, 2.24) is 30.7 Å². The van der Waals surface area contributed by atoms with Gasteiger partial charge >= 0.3 is 0 Å². The van der Waals surface area contributed by atoms with Crippen LogP contribution in [0.25, 0.3) is 0 Å². The smallest absolute Gasteiger partial charge is 0.266 e. The number of carbonyl (C=O) groups is 1. The van der Waals surface area contributed by atoms with Crippen molar-refractivity contribution in [2.24, 2.45) is 5.92 Å². The van der Waals surface area contributed by atoms with E-state index in [1.54, 1.807) is 13.1 Å². The normalized spacial score (nSPS) is 12.4. The minimum atomic E-state index is -0.262. The number of nitrogens with one attached hydrogen (secondary N) is 2. The van der Waals surface area contributed by atoms with Crippen LogP contribution in [-0.4, -0.2) is 43.2 Å². The molecule has 2 heterocycles. The minimum Gasteiger partial charge on any atom is -0.321 e. The number of ketones is 1. The highest BCUT2D eigenvalue weighted by atomic mass is 16.1. The van der Waals surface area contributed by atoms with Gasteiger partial charge in [-0.3, -0.25) is 9.78 Å². The van der Waals surface area contributed by atoms with E-state index in [0.717, 1.165) is 11.4 Å². The fraction of sp³-hybridized carbons (Fsp3) is 0.529. The second-order valence-electron chi connectivity index (χ2n) is 6.57.